The molecular formula is C16H28O4. The van der Waals surface area contributed by atoms with Crippen molar-refractivity contribution >= 4 is 5.97 Å². The molecule has 0 radical (unpaired) electrons. The molecule has 1 heterocycles. The first-order chi connectivity index (χ1) is 9.74. The standard InChI is InChI=1S/C16H28O4/c1-3-4-5-6-7-8-9-10-19-16(17)14(2)11-18-12-15-13-20-15/h11,15H,3-10,12-13H2,1-2H3/b14-11+. The minimum Gasteiger partial charge on any atom is -0.498 e. The zero-order valence-corrected chi connectivity index (χ0v) is 12.9. The van der Waals surface area contributed by atoms with E-state index < -0.39 is 0 Å². The van der Waals surface area contributed by atoms with Crippen LogP contribution in [0.2, 0.25) is 0 Å². The van der Waals surface area contributed by atoms with Gasteiger partial charge < -0.3 is 14.2 Å². The maximum atomic E-state index is 11.6. The third kappa shape index (κ3) is 8.97. The Labute approximate surface area is 122 Å². The highest BCUT2D eigenvalue weighted by atomic mass is 16.6. The van der Waals surface area contributed by atoms with Crippen LogP contribution in [0, 0.1) is 0 Å². The molecule has 0 aromatic carbocycles. The molecule has 0 aromatic heterocycles. The number of carbonyl (C=O) groups is 1. The highest BCUT2D eigenvalue weighted by Gasteiger charge is 2.22. The molecule has 4 heteroatoms. The van der Waals surface area contributed by atoms with Crippen molar-refractivity contribution in [2.75, 3.05) is 19.8 Å². The highest BCUT2D eigenvalue weighted by molar-refractivity contribution is 5.87. The van der Waals surface area contributed by atoms with E-state index >= 15 is 0 Å². The zero-order valence-electron chi connectivity index (χ0n) is 12.9. The molecule has 1 rings (SSSR count). The molecule has 0 saturated carbocycles. The maximum Gasteiger partial charge on any atom is 0.336 e. The Morgan fingerprint density at radius 1 is 1.20 bits per heavy atom. The topological polar surface area (TPSA) is 48.1 Å². The first kappa shape index (κ1) is 17.0. The molecule has 116 valence electrons. The van der Waals surface area contributed by atoms with Gasteiger partial charge in [0, 0.05) is 0 Å². The van der Waals surface area contributed by atoms with E-state index in [4.69, 9.17) is 14.2 Å². The number of epoxide rings is 1. The Morgan fingerprint density at radius 3 is 2.50 bits per heavy atom. The van der Waals surface area contributed by atoms with E-state index in [-0.39, 0.29) is 12.1 Å². The summed E-state index contributed by atoms with van der Waals surface area (Å²) in [6.07, 6.45) is 10.2. The van der Waals surface area contributed by atoms with E-state index in [1.54, 1.807) is 6.92 Å². The Bertz CT molecular complexity index is 295. The van der Waals surface area contributed by atoms with Crippen LogP contribution in [0.3, 0.4) is 0 Å². The van der Waals surface area contributed by atoms with Crippen molar-refractivity contribution in [3.05, 3.63) is 11.8 Å². The van der Waals surface area contributed by atoms with Gasteiger partial charge in [-0.15, -0.1) is 0 Å². The summed E-state index contributed by atoms with van der Waals surface area (Å²) in [5.74, 6) is -0.285. The minimum absolute atomic E-state index is 0.211. The fourth-order valence-corrected chi connectivity index (χ4v) is 1.83. The van der Waals surface area contributed by atoms with Crippen LogP contribution in [0.1, 0.15) is 58.8 Å². The summed E-state index contributed by atoms with van der Waals surface area (Å²) in [6.45, 7) is 5.71. The third-order valence-electron chi connectivity index (χ3n) is 3.25. The zero-order chi connectivity index (χ0) is 14.6. The largest absolute Gasteiger partial charge is 0.498 e. The second-order valence-corrected chi connectivity index (χ2v) is 5.35. The molecule has 1 aliphatic heterocycles. The van der Waals surface area contributed by atoms with Crippen molar-refractivity contribution in [3.8, 4) is 0 Å². The molecule has 1 atom stereocenters. The fraction of sp³-hybridized carbons (Fsp3) is 0.812. The lowest BCUT2D eigenvalue weighted by Crippen LogP contribution is -2.08. The normalized spacial score (nSPS) is 17.9. The van der Waals surface area contributed by atoms with Crippen molar-refractivity contribution in [2.24, 2.45) is 0 Å². The van der Waals surface area contributed by atoms with Crippen LogP contribution in [0.5, 0.6) is 0 Å². The van der Waals surface area contributed by atoms with E-state index in [2.05, 4.69) is 6.92 Å². The summed E-state index contributed by atoms with van der Waals surface area (Å²) < 4.78 is 15.4. The second kappa shape index (κ2) is 10.7. The first-order valence-corrected chi connectivity index (χ1v) is 7.81. The molecule has 1 saturated heterocycles. The number of unbranched alkanes of at least 4 members (excludes halogenated alkanes) is 6. The van der Waals surface area contributed by atoms with Crippen LogP contribution in [-0.4, -0.2) is 31.9 Å². The number of esters is 1. The van der Waals surface area contributed by atoms with Gasteiger partial charge in [-0.3, -0.25) is 0 Å². The van der Waals surface area contributed by atoms with Crippen molar-refractivity contribution in [1.82, 2.24) is 0 Å². The quantitative estimate of drug-likeness (QED) is 0.181. The lowest BCUT2D eigenvalue weighted by molar-refractivity contribution is -0.139. The van der Waals surface area contributed by atoms with Crippen molar-refractivity contribution in [1.29, 1.82) is 0 Å². The Morgan fingerprint density at radius 2 is 1.85 bits per heavy atom. The SMILES string of the molecule is CCCCCCCCCOC(=O)/C(C)=C/OCC1CO1. The molecule has 4 nitrogen and oxygen atoms in total. The van der Waals surface area contributed by atoms with Crippen LogP contribution < -0.4 is 0 Å². The molecule has 0 amide bonds. The molecule has 0 aliphatic carbocycles. The van der Waals surface area contributed by atoms with Crippen LogP contribution in [0.4, 0.5) is 0 Å². The van der Waals surface area contributed by atoms with Gasteiger partial charge in [0.25, 0.3) is 0 Å². The van der Waals surface area contributed by atoms with Gasteiger partial charge in [0.2, 0.25) is 0 Å². The van der Waals surface area contributed by atoms with Crippen LogP contribution in [0.15, 0.2) is 11.8 Å². The molecule has 0 aromatic rings. The van der Waals surface area contributed by atoms with Crippen molar-refractivity contribution in [2.45, 2.75) is 64.9 Å². The smallest absolute Gasteiger partial charge is 0.336 e. The molecule has 1 fully saturated rings. The minimum atomic E-state index is -0.285. The predicted molar refractivity (Wildman–Crippen MR) is 78.4 cm³/mol. The maximum absolute atomic E-state index is 11.6. The molecule has 20 heavy (non-hydrogen) atoms. The van der Waals surface area contributed by atoms with Gasteiger partial charge in [-0.05, 0) is 13.3 Å². The molecule has 0 N–H and O–H groups in total. The monoisotopic (exact) mass is 284 g/mol. The lowest BCUT2D eigenvalue weighted by Gasteiger charge is -2.05. The average molecular weight is 284 g/mol. The number of ether oxygens (including phenoxy) is 3. The van der Waals surface area contributed by atoms with E-state index in [1.165, 1.54) is 38.4 Å². The number of hydrogen-bond acceptors (Lipinski definition) is 4. The fourth-order valence-electron chi connectivity index (χ4n) is 1.83. The Balaban J connectivity index is 1.92. The van der Waals surface area contributed by atoms with Crippen molar-refractivity contribution < 1.29 is 19.0 Å². The predicted octanol–water partition coefficient (Wildman–Crippen LogP) is 3.60. The molecule has 1 aliphatic rings. The van der Waals surface area contributed by atoms with Gasteiger partial charge >= 0.3 is 5.97 Å². The van der Waals surface area contributed by atoms with Gasteiger partial charge in [-0.1, -0.05) is 45.4 Å². The van der Waals surface area contributed by atoms with Crippen molar-refractivity contribution in [3.63, 3.8) is 0 Å². The number of carbonyl (C=O) groups excluding carboxylic acids is 1. The van der Waals surface area contributed by atoms with E-state index in [0.717, 1.165) is 19.4 Å². The first-order valence-electron chi connectivity index (χ1n) is 7.81. The van der Waals surface area contributed by atoms with Gasteiger partial charge in [0.05, 0.1) is 25.0 Å². The van der Waals surface area contributed by atoms with E-state index in [0.29, 0.717) is 18.8 Å². The second-order valence-electron chi connectivity index (χ2n) is 5.35. The number of hydrogen-bond donors (Lipinski definition) is 0. The summed E-state index contributed by atoms with van der Waals surface area (Å²) in [7, 11) is 0. The average Bonchev–Trinajstić information content (AvgIpc) is 3.25. The lowest BCUT2D eigenvalue weighted by atomic mass is 10.1. The van der Waals surface area contributed by atoms with Gasteiger partial charge in [-0.25, -0.2) is 4.79 Å². The van der Waals surface area contributed by atoms with E-state index in [1.807, 2.05) is 0 Å². The summed E-state index contributed by atoms with van der Waals surface area (Å²) in [6, 6.07) is 0. The van der Waals surface area contributed by atoms with Crippen LogP contribution in [0.25, 0.3) is 0 Å². The summed E-state index contributed by atoms with van der Waals surface area (Å²) in [5.41, 5.74) is 0.508. The van der Waals surface area contributed by atoms with Crippen LogP contribution >= 0.6 is 0 Å². The van der Waals surface area contributed by atoms with Gasteiger partial charge in [0.1, 0.15) is 12.7 Å². The summed E-state index contributed by atoms with van der Waals surface area (Å²) in [4.78, 5) is 11.6. The number of rotatable bonds is 12. The van der Waals surface area contributed by atoms with E-state index in [9.17, 15) is 4.79 Å². The Hall–Kier alpha value is -1.03. The molecule has 0 spiro atoms. The summed E-state index contributed by atoms with van der Waals surface area (Å²) >= 11 is 0. The summed E-state index contributed by atoms with van der Waals surface area (Å²) in [5, 5.41) is 0. The van der Waals surface area contributed by atoms with Crippen LogP contribution in [-0.2, 0) is 19.0 Å². The van der Waals surface area contributed by atoms with Gasteiger partial charge in [0.15, 0.2) is 0 Å². The Kier molecular flexibility index (Phi) is 9.13. The molecule has 0 bridgehead atoms. The molecular weight excluding hydrogens is 256 g/mol. The highest BCUT2D eigenvalue weighted by Crippen LogP contribution is 2.10. The third-order valence-corrected chi connectivity index (χ3v) is 3.25. The van der Waals surface area contributed by atoms with Gasteiger partial charge in [-0.2, -0.15) is 0 Å². The molecule has 1 unspecified atom stereocenters.